The Morgan fingerprint density at radius 3 is 2.64 bits per heavy atom. The Bertz CT molecular complexity index is 922. The maximum Gasteiger partial charge on any atom is 0.257 e. The monoisotopic (exact) mass is 368 g/mol. The molecule has 0 bridgehead atoms. The van der Waals surface area contributed by atoms with Crippen molar-refractivity contribution in [2.75, 3.05) is 5.32 Å². The highest BCUT2D eigenvalue weighted by atomic mass is 32.1. The number of thiazole rings is 1. The lowest BCUT2D eigenvalue weighted by Crippen LogP contribution is -2.34. The van der Waals surface area contributed by atoms with Crippen molar-refractivity contribution in [3.63, 3.8) is 0 Å². The minimum atomic E-state index is -0.257. The molecule has 1 amide bonds. The van der Waals surface area contributed by atoms with Crippen LogP contribution < -0.4 is 10.6 Å². The largest absolute Gasteiger partial charge is 0.308 e. The molecule has 0 saturated carbocycles. The first kappa shape index (κ1) is 17.2. The van der Waals surface area contributed by atoms with E-state index < -0.39 is 0 Å². The Morgan fingerprint density at radius 2 is 1.92 bits per heavy atom. The average Bonchev–Trinajstić information content (AvgIpc) is 2.95. The second-order valence-corrected chi connectivity index (χ2v) is 6.83. The van der Waals surface area contributed by atoms with Crippen molar-refractivity contribution in [1.82, 2.24) is 15.3 Å². The number of pyridine rings is 1. The molecule has 25 heavy (non-hydrogen) atoms. The molecule has 0 unspecified atom stereocenters. The molecule has 0 saturated heterocycles. The molecule has 3 rings (SSSR count). The van der Waals surface area contributed by atoms with Crippen LogP contribution in [0.2, 0.25) is 0 Å². The number of anilines is 1. The number of nitrogens with zero attached hydrogens (tertiary/aromatic N) is 2. The van der Waals surface area contributed by atoms with E-state index in [1.807, 2.05) is 32.0 Å². The van der Waals surface area contributed by atoms with Crippen molar-refractivity contribution < 1.29 is 4.79 Å². The van der Waals surface area contributed by atoms with Gasteiger partial charge in [-0.2, -0.15) is 0 Å². The normalized spacial score (nSPS) is 10.3. The van der Waals surface area contributed by atoms with Crippen molar-refractivity contribution in [3.8, 4) is 10.6 Å². The third kappa shape index (κ3) is 4.26. The van der Waals surface area contributed by atoms with E-state index in [0.29, 0.717) is 10.7 Å². The Balaban J connectivity index is 1.70. The Labute approximate surface area is 155 Å². The standard InChI is InChI=1S/C18H16N4OS2/c1-11-8-9-19-14(10-11)15-12(2)20-18(25-15)22-17(24)21-16(23)13-6-4-3-5-7-13/h3-10H,1-2H3,(H2,20,21,22,23,24). The van der Waals surface area contributed by atoms with Gasteiger partial charge in [-0.15, -0.1) is 0 Å². The number of thiocarbonyl (C=S) groups is 1. The van der Waals surface area contributed by atoms with E-state index in [9.17, 15) is 4.79 Å². The first-order chi connectivity index (χ1) is 12.0. The molecule has 1 aromatic carbocycles. The highest BCUT2D eigenvalue weighted by molar-refractivity contribution is 7.80. The summed E-state index contributed by atoms with van der Waals surface area (Å²) >= 11 is 6.66. The van der Waals surface area contributed by atoms with Gasteiger partial charge in [0, 0.05) is 11.8 Å². The summed E-state index contributed by atoms with van der Waals surface area (Å²) in [4.78, 5) is 21.9. The van der Waals surface area contributed by atoms with E-state index in [1.165, 1.54) is 11.3 Å². The van der Waals surface area contributed by atoms with E-state index in [4.69, 9.17) is 12.2 Å². The fraction of sp³-hybridized carbons (Fsp3) is 0.111. The van der Waals surface area contributed by atoms with E-state index in [0.717, 1.165) is 21.8 Å². The van der Waals surface area contributed by atoms with Crippen LogP contribution in [0.3, 0.4) is 0 Å². The molecule has 0 fully saturated rings. The van der Waals surface area contributed by atoms with Gasteiger partial charge in [-0.05, 0) is 55.9 Å². The number of amides is 1. The molecule has 2 aromatic heterocycles. The van der Waals surface area contributed by atoms with Gasteiger partial charge >= 0.3 is 0 Å². The highest BCUT2D eigenvalue weighted by Crippen LogP contribution is 2.31. The summed E-state index contributed by atoms with van der Waals surface area (Å²) in [6.07, 6.45) is 1.78. The predicted molar refractivity (Wildman–Crippen MR) is 105 cm³/mol. The number of nitrogens with one attached hydrogen (secondary N) is 2. The van der Waals surface area contributed by atoms with Gasteiger partial charge in [0.15, 0.2) is 10.2 Å². The van der Waals surface area contributed by atoms with Crippen molar-refractivity contribution in [2.45, 2.75) is 13.8 Å². The summed E-state index contributed by atoms with van der Waals surface area (Å²) in [6.45, 7) is 3.95. The van der Waals surface area contributed by atoms with E-state index in [1.54, 1.807) is 30.5 Å². The Hall–Kier alpha value is -2.64. The van der Waals surface area contributed by atoms with Gasteiger partial charge in [0.2, 0.25) is 0 Å². The van der Waals surface area contributed by atoms with Gasteiger partial charge in [-0.3, -0.25) is 15.1 Å². The molecule has 126 valence electrons. The van der Waals surface area contributed by atoms with Crippen LogP contribution in [0.25, 0.3) is 10.6 Å². The number of benzene rings is 1. The molecule has 3 aromatic rings. The molecule has 2 heterocycles. The van der Waals surface area contributed by atoms with E-state index in [2.05, 4.69) is 20.6 Å². The lowest BCUT2D eigenvalue weighted by molar-refractivity contribution is 0.0977. The van der Waals surface area contributed by atoms with Gasteiger partial charge in [0.05, 0.1) is 16.3 Å². The molecular formula is C18H16N4OS2. The summed E-state index contributed by atoms with van der Waals surface area (Å²) in [5.41, 5.74) is 3.43. The third-order valence-corrected chi connectivity index (χ3v) is 4.73. The zero-order chi connectivity index (χ0) is 17.8. The fourth-order valence-corrected chi connectivity index (χ4v) is 3.43. The minimum absolute atomic E-state index is 0.214. The summed E-state index contributed by atoms with van der Waals surface area (Å²) in [5.74, 6) is -0.257. The van der Waals surface area contributed by atoms with Gasteiger partial charge < -0.3 is 5.32 Å². The zero-order valence-corrected chi connectivity index (χ0v) is 15.4. The van der Waals surface area contributed by atoms with Crippen LogP contribution in [0.1, 0.15) is 21.6 Å². The molecule has 0 aliphatic rings. The van der Waals surface area contributed by atoms with E-state index in [-0.39, 0.29) is 11.0 Å². The molecule has 0 atom stereocenters. The van der Waals surface area contributed by atoms with Gasteiger partial charge in [0.1, 0.15) is 0 Å². The summed E-state index contributed by atoms with van der Waals surface area (Å²) in [5, 5.41) is 6.46. The summed E-state index contributed by atoms with van der Waals surface area (Å²) in [7, 11) is 0. The molecule has 2 N–H and O–H groups in total. The van der Waals surface area contributed by atoms with Gasteiger partial charge in [0.25, 0.3) is 5.91 Å². The topological polar surface area (TPSA) is 66.9 Å². The molecule has 5 nitrogen and oxygen atoms in total. The van der Waals surface area contributed by atoms with Crippen molar-refractivity contribution >= 4 is 39.7 Å². The van der Waals surface area contributed by atoms with Crippen LogP contribution in [0.4, 0.5) is 5.13 Å². The molecule has 7 heteroatoms. The van der Waals surface area contributed by atoms with Crippen molar-refractivity contribution in [3.05, 3.63) is 65.5 Å². The number of carbonyl (C=O) groups excluding carboxylic acids is 1. The number of hydrogen-bond donors (Lipinski definition) is 2. The zero-order valence-electron chi connectivity index (χ0n) is 13.7. The van der Waals surface area contributed by atoms with Crippen LogP contribution in [0, 0.1) is 13.8 Å². The van der Waals surface area contributed by atoms with Gasteiger partial charge in [-0.1, -0.05) is 29.5 Å². The SMILES string of the molecule is Cc1ccnc(-c2sc(NC(=S)NC(=O)c3ccccc3)nc2C)c1. The number of rotatable bonds is 3. The van der Waals surface area contributed by atoms with Crippen LogP contribution in [-0.2, 0) is 0 Å². The number of hydrogen-bond acceptors (Lipinski definition) is 5. The Morgan fingerprint density at radius 1 is 1.16 bits per heavy atom. The minimum Gasteiger partial charge on any atom is -0.308 e. The number of carbonyl (C=O) groups is 1. The van der Waals surface area contributed by atoms with Crippen molar-refractivity contribution in [1.29, 1.82) is 0 Å². The first-order valence-corrected chi connectivity index (χ1v) is 8.83. The number of aromatic nitrogens is 2. The quantitative estimate of drug-likeness (QED) is 0.685. The van der Waals surface area contributed by atoms with Crippen LogP contribution in [0.5, 0.6) is 0 Å². The van der Waals surface area contributed by atoms with Crippen molar-refractivity contribution in [2.24, 2.45) is 0 Å². The Kier molecular flexibility index (Phi) is 5.16. The maximum atomic E-state index is 12.1. The fourth-order valence-electron chi connectivity index (χ4n) is 2.24. The molecule has 0 aliphatic carbocycles. The third-order valence-electron chi connectivity index (χ3n) is 3.43. The summed E-state index contributed by atoms with van der Waals surface area (Å²) < 4.78 is 0. The van der Waals surface area contributed by atoms with Gasteiger partial charge in [-0.25, -0.2) is 4.98 Å². The average molecular weight is 368 g/mol. The smallest absolute Gasteiger partial charge is 0.257 e. The molecule has 0 aliphatic heterocycles. The van der Waals surface area contributed by atoms with E-state index >= 15 is 0 Å². The second-order valence-electron chi connectivity index (χ2n) is 5.43. The molecule has 0 radical (unpaired) electrons. The first-order valence-electron chi connectivity index (χ1n) is 7.61. The van der Waals surface area contributed by atoms with Crippen LogP contribution in [0.15, 0.2) is 48.7 Å². The molecule has 0 spiro atoms. The molecular weight excluding hydrogens is 352 g/mol. The predicted octanol–water partition coefficient (Wildman–Crippen LogP) is 3.95. The maximum absolute atomic E-state index is 12.1. The van der Waals surface area contributed by atoms with Crippen LogP contribution >= 0.6 is 23.6 Å². The lowest BCUT2D eigenvalue weighted by Gasteiger charge is -2.06. The highest BCUT2D eigenvalue weighted by Gasteiger charge is 2.13. The van der Waals surface area contributed by atoms with Crippen LogP contribution in [-0.4, -0.2) is 21.0 Å². The second kappa shape index (κ2) is 7.50. The summed E-state index contributed by atoms with van der Waals surface area (Å²) in [6, 6.07) is 12.9. The lowest BCUT2D eigenvalue weighted by atomic mass is 10.2. The number of aryl methyl sites for hydroxylation is 2.